The van der Waals surface area contributed by atoms with Crippen LogP contribution in [0.15, 0.2) is 0 Å². The fourth-order valence-corrected chi connectivity index (χ4v) is 4.49. The Morgan fingerprint density at radius 1 is 1.28 bits per heavy atom. The van der Waals surface area contributed by atoms with Crippen molar-refractivity contribution in [3.05, 3.63) is 0 Å². The summed E-state index contributed by atoms with van der Waals surface area (Å²) in [4.78, 5) is 0. The summed E-state index contributed by atoms with van der Waals surface area (Å²) >= 11 is 0. The maximum Gasteiger partial charge on any atom is 0.279 e. The minimum Gasteiger partial charge on any atom is -0.324 e. The molecule has 2 rings (SSSR count). The van der Waals surface area contributed by atoms with E-state index in [1.165, 1.54) is 0 Å². The number of hydrogen-bond acceptors (Lipinski definition) is 3. The van der Waals surface area contributed by atoms with Crippen molar-refractivity contribution in [3.63, 3.8) is 0 Å². The van der Waals surface area contributed by atoms with Gasteiger partial charge in [0.05, 0.1) is 0 Å². The summed E-state index contributed by atoms with van der Waals surface area (Å²) in [5, 5.41) is 0. The summed E-state index contributed by atoms with van der Waals surface area (Å²) < 4.78 is 28.7. The monoisotopic (exact) mass is 275 g/mol. The van der Waals surface area contributed by atoms with E-state index < -0.39 is 10.2 Å². The van der Waals surface area contributed by atoms with E-state index in [0.717, 1.165) is 25.7 Å². The van der Waals surface area contributed by atoms with Crippen LogP contribution in [0.5, 0.6) is 0 Å². The van der Waals surface area contributed by atoms with Crippen LogP contribution in [0, 0.1) is 11.8 Å². The van der Waals surface area contributed by atoms with Crippen molar-refractivity contribution in [2.75, 3.05) is 19.6 Å². The van der Waals surface area contributed by atoms with Crippen molar-refractivity contribution in [1.29, 1.82) is 0 Å². The largest absolute Gasteiger partial charge is 0.324 e. The fourth-order valence-electron chi connectivity index (χ4n) is 2.94. The summed E-state index contributed by atoms with van der Waals surface area (Å²) in [7, 11) is -3.36. The van der Waals surface area contributed by atoms with E-state index in [4.69, 9.17) is 5.73 Å². The number of rotatable bonds is 4. The van der Waals surface area contributed by atoms with Gasteiger partial charge >= 0.3 is 0 Å². The van der Waals surface area contributed by atoms with Crippen LogP contribution in [-0.4, -0.2) is 37.9 Å². The predicted octanol–water partition coefficient (Wildman–Crippen LogP) is 0.680. The number of nitrogens with two attached hydrogens (primary N) is 1. The Kier molecular flexibility index (Phi) is 4.02. The second-order valence-corrected chi connectivity index (χ2v) is 8.06. The van der Waals surface area contributed by atoms with Gasteiger partial charge in [-0.3, -0.25) is 0 Å². The van der Waals surface area contributed by atoms with Crippen LogP contribution in [0.4, 0.5) is 0 Å². The highest BCUT2D eigenvalue weighted by atomic mass is 32.2. The van der Waals surface area contributed by atoms with E-state index in [2.05, 4.69) is 18.6 Å². The molecule has 5 nitrogen and oxygen atoms in total. The van der Waals surface area contributed by atoms with Crippen LogP contribution in [0.25, 0.3) is 0 Å². The molecule has 3 N–H and O–H groups in total. The Morgan fingerprint density at radius 3 is 2.28 bits per heavy atom. The molecule has 1 aliphatic carbocycles. The smallest absolute Gasteiger partial charge is 0.279 e. The van der Waals surface area contributed by atoms with Crippen LogP contribution in [0.1, 0.15) is 39.5 Å². The summed E-state index contributed by atoms with van der Waals surface area (Å²) in [5.74, 6) is 0.863. The zero-order chi connectivity index (χ0) is 13.4. The fraction of sp³-hybridized carbons (Fsp3) is 1.00. The average Bonchev–Trinajstić information content (AvgIpc) is 2.22. The molecule has 2 fully saturated rings. The molecule has 106 valence electrons. The van der Waals surface area contributed by atoms with Crippen molar-refractivity contribution in [1.82, 2.24) is 9.03 Å². The lowest BCUT2D eigenvalue weighted by Gasteiger charge is -2.39. The molecule has 6 heteroatoms. The van der Waals surface area contributed by atoms with E-state index in [1.54, 1.807) is 4.31 Å². The first-order valence-electron chi connectivity index (χ1n) is 6.84. The van der Waals surface area contributed by atoms with Crippen LogP contribution in [0.3, 0.4) is 0 Å². The molecule has 0 spiro atoms. The maximum absolute atomic E-state index is 12.2. The minimum atomic E-state index is -3.36. The average molecular weight is 275 g/mol. The Bertz CT molecular complexity index is 382. The third kappa shape index (κ3) is 3.23. The van der Waals surface area contributed by atoms with Gasteiger partial charge in [-0.25, -0.2) is 4.72 Å². The van der Waals surface area contributed by atoms with E-state index in [-0.39, 0.29) is 5.54 Å². The van der Waals surface area contributed by atoms with E-state index in [9.17, 15) is 8.42 Å². The van der Waals surface area contributed by atoms with Gasteiger partial charge in [0, 0.05) is 25.2 Å². The van der Waals surface area contributed by atoms with E-state index in [1.807, 2.05) is 0 Å². The molecule has 1 aliphatic heterocycles. The molecule has 2 atom stereocenters. The Labute approximate surface area is 110 Å². The third-order valence-electron chi connectivity index (χ3n) is 4.13. The zero-order valence-corrected chi connectivity index (χ0v) is 12.2. The highest BCUT2D eigenvalue weighted by Crippen LogP contribution is 2.29. The van der Waals surface area contributed by atoms with Gasteiger partial charge in [0.1, 0.15) is 0 Å². The first kappa shape index (κ1) is 14.2. The van der Waals surface area contributed by atoms with E-state index in [0.29, 0.717) is 31.5 Å². The van der Waals surface area contributed by atoms with Gasteiger partial charge in [0.25, 0.3) is 10.2 Å². The number of hydrogen-bond donors (Lipinski definition) is 2. The lowest BCUT2D eigenvalue weighted by molar-refractivity contribution is 0.215. The molecule has 0 radical (unpaired) electrons. The number of piperidine rings is 1. The van der Waals surface area contributed by atoms with Crippen LogP contribution in [0.2, 0.25) is 0 Å². The molecule has 1 saturated heterocycles. The van der Waals surface area contributed by atoms with Crippen molar-refractivity contribution in [3.8, 4) is 0 Å². The van der Waals surface area contributed by atoms with Crippen molar-refractivity contribution in [2.45, 2.75) is 45.1 Å². The van der Waals surface area contributed by atoms with Gasteiger partial charge in [0.15, 0.2) is 0 Å². The molecule has 1 heterocycles. The summed E-state index contributed by atoms with van der Waals surface area (Å²) in [5.41, 5.74) is 5.74. The first-order chi connectivity index (χ1) is 8.31. The highest BCUT2D eigenvalue weighted by molar-refractivity contribution is 7.87. The second kappa shape index (κ2) is 5.07. The Morgan fingerprint density at radius 2 is 1.83 bits per heavy atom. The summed E-state index contributed by atoms with van der Waals surface area (Å²) in [6.45, 7) is 5.83. The summed E-state index contributed by atoms with van der Waals surface area (Å²) in [6, 6.07) is 0. The van der Waals surface area contributed by atoms with Gasteiger partial charge in [-0.1, -0.05) is 13.8 Å². The SMILES string of the molecule is CC1CC(C)CN(S(=O)(=O)NCC2(N)CCC2)C1. The molecule has 0 aromatic rings. The number of nitrogens with zero attached hydrogens (tertiary/aromatic N) is 1. The normalized spacial score (nSPS) is 33.1. The first-order valence-corrected chi connectivity index (χ1v) is 8.28. The van der Waals surface area contributed by atoms with Crippen LogP contribution in [-0.2, 0) is 10.2 Å². The minimum absolute atomic E-state index is 0.305. The lowest BCUT2D eigenvalue weighted by Crippen LogP contribution is -2.57. The van der Waals surface area contributed by atoms with Gasteiger partial charge in [-0.15, -0.1) is 0 Å². The van der Waals surface area contributed by atoms with E-state index >= 15 is 0 Å². The molecule has 0 aromatic heterocycles. The van der Waals surface area contributed by atoms with Crippen molar-refractivity contribution in [2.24, 2.45) is 17.6 Å². The maximum atomic E-state index is 12.2. The zero-order valence-electron chi connectivity index (χ0n) is 11.4. The van der Waals surface area contributed by atoms with Gasteiger partial charge < -0.3 is 5.73 Å². The molecular formula is C12H25N3O2S. The predicted molar refractivity (Wildman–Crippen MR) is 72.2 cm³/mol. The van der Waals surface area contributed by atoms with Crippen LogP contribution < -0.4 is 10.5 Å². The molecular weight excluding hydrogens is 250 g/mol. The van der Waals surface area contributed by atoms with Crippen LogP contribution >= 0.6 is 0 Å². The van der Waals surface area contributed by atoms with Crippen molar-refractivity contribution >= 4 is 10.2 Å². The Hall–Kier alpha value is -0.170. The second-order valence-electron chi connectivity index (χ2n) is 6.31. The lowest BCUT2D eigenvalue weighted by atomic mass is 9.78. The van der Waals surface area contributed by atoms with Crippen molar-refractivity contribution < 1.29 is 8.42 Å². The molecule has 0 bridgehead atoms. The highest BCUT2D eigenvalue weighted by Gasteiger charge is 2.36. The van der Waals surface area contributed by atoms with Gasteiger partial charge in [-0.2, -0.15) is 12.7 Å². The quantitative estimate of drug-likeness (QED) is 0.792. The van der Waals surface area contributed by atoms with Gasteiger partial charge in [-0.05, 0) is 37.5 Å². The van der Waals surface area contributed by atoms with Gasteiger partial charge in [0.2, 0.25) is 0 Å². The molecule has 1 saturated carbocycles. The topological polar surface area (TPSA) is 75.4 Å². The Balaban J connectivity index is 1.93. The third-order valence-corrected chi connectivity index (χ3v) is 5.62. The molecule has 2 aliphatic rings. The standard InChI is InChI=1S/C12H25N3O2S/c1-10-6-11(2)8-15(7-10)18(16,17)14-9-12(13)4-3-5-12/h10-11,14H,3-9,13H2,1-2H3. The molecule has 0 aromatic carbocycles. The number of nitrogens with one attached hydrogen (secondary N) is 1. The molecule has 0 amide bonds. The molecule has 2 unspecified atom stereocenters. The summed E-state index contributed by atoms with van der Waals surface area (Å²) in [6.07, 6.45) is 4.05. The molecule has 18 heavy (non-hydrogen) atoms.